The Labute approximate surface area is 131 Å². The van der Waals surface area contributed by atoms with Crippen LogP contribution in [-0.4, -0.2) is 46.1 Å². The zero-order valence-electron chi connectivity index (χ0n) is 12.9. The Bertz CT molecular complexity index is 585. The fourth-order valence-corrected chi connectivity index (χ4v) is 3.22. The molecular formula is C17H23N3O2. The molecule has 5 nitrogen and oxygen atoms in total. The molecule has 1 N–H and O–H groups in total. The lowest BCUT2D eigenvalue weighted by Gasteiger charge is -2.27. The maximum Gasteiger partial charge on any atom is 0.119 e. The first-order valence-corrected chi connectivity index (χ1v) is 7.80. The number of methoxy groups -OCH3 is 1. The quantitative estimate of drug-likeness (QED) is 0.887. The van der Waals surface area contributed by atoms with Crippen molar-refractivity contribution in [2.75, 3.05) is 20.2 Å². The van der Waals surface area contributed by atoms with Crippen molar-refractivity contribution >= 4 is 0 Å². The van der Waals surface area contributed by atoms with Gasteiger partial charge in [-0.05, 0) is 43.1 Å². The van der Waals surface area contributed by atoms with Crippen LogP contribution in [0, 0.1) is 0 Å². The maximum absolute atomic E-state index is 10.3. The molecule has 2 aromatic rings. The van der Waals surface area contributed by atoms with Crippen LogP contribution in [0.1, 0.15) is 24.4 Å². The van der Waals surface area contributed by atoms with Gasteiger partial charge in [0, 0.05) is 25.0 Å². The third kappa shape index (κ3) is 3.48. The normalized spacial score (nSPS) is 20.2. The molecule has 2 atom stereocenters. The Balaban J connectivity index is 1.64. The number of benzene rings is 1. The Kier molecular flexibility index (Phi) is 4.75. The fraction of sp³-hybridized carbons (Fsp3) is 0.471. The van der Waals surface area contributed by atoms with Crippen molar-refractivity contribution in [3.05, 3.63) is 48.3 Å². The highest BCUT2D eigenvalue weighted by Crippen LogP contribution is 2.33. The lowest BCUT2D eigenvalue weighted by molar-refractivity contribution is 0.0890. The summed E-state index contributed by atoms with van der Waals surface area (Å²) in [5.41, 5.74) is 1.27. The average molecular weight is 301 g/mol. The van der Waals surface area contributed by atoms with Crippen LogP contribution >= 0.6 is 0 Å². The van der Waals surface area contributed by atoms with Gasteiger partial charge in [-0.3, -0.25) is 9.58 Å². The second kappa shape index (κ2) is 6.94. The Hall–Kier alpha value is -1.85. The molecule has 0 bridgehead atoms. The topological polar surface area (TPSA) is 50.5 Å². The van der Waals surface area contributed by atoms with Gasteiger partial charge in [0.25, 0.3) is 0 Å². The summed E-state index contributed by atoms with van der Waals surface area (Å²) in [5.74, 6) is 0.890. The van der Waals surface area contributed by atoms with E-state index in [1.165, 1.54) is 5.56 Å². The van der Waals surface area contributed by atoms with Crippen molar-refractivity contribution < 1.29 is 9.84 Å². The molecule has 1 saturated heterocycles. The summed E-state index contributed by atoms with van der Waals surface area (Å²) in [6, 6.07) is 10.5. The van der Waals surface area contributed by atoms with Gasteiger partial charge in [-0.2, -0.15) is 5.10 Å². The second-order valence-electron chi connectivity index (χ2n) is 5.81. The van der Waals surface area contributed by atoms with Gasteiger partial charge in [-0.25, -0.2) is 0 Å². The van der Waals surface area contributed by atoms with E-state index < -0.39 is 6.10 Å². The maximum atomic E-state index is 10.3. The Morgan fingerprint density at radius 2 is 2.27 bits per heavy atom. The molecule has 1 aromatic carbocycles. The summed E-state index contributed by atoms with van der Waals surface area (Å²) >= 11 is 0. The number of aromatic nitrogens is 2. The zero-order valence-corrected chi connectivity index (χ0v) is 12.9. The third-order valence-electron chi connectivity index (χ3n) is 4.24. The van der Waals surface area contributed by atoms with E-state index in [2.05, 4.69) is 22.1 Å². The fourth-order valence-electron chi connectivity index (χ4n) is 3.22. The molecule has 1 fully saturated rings. The number of aliphatic hydroxyl groups excluding tert-OH is 1. The molecule has 118 valence electrons. The number of ether oxygens (including phenoxy) is 1. The van der Waals surface area contributed by atoms with Gasteiger partial charge in [0.05, 0.1) is 19.8 Å². The van der Waals surface area contributed by atoms with Gasteiger partial charge in [0.15, 0.2) is 0 Å². The van der Waals surface area contributed by atoms with Crippen LogP contribution in [0.4, 0.5) is 0 Å². The highest BCUT2D eigenvalue weighted by atomic mass is 16.5. The van der Waals surface area contributed by atoms with E-state index in [1.54, 1.807) is 18.0 Å². The van der Waals surface area contributed by atoms with Crippen LogP contribution in [-0.2, 0) is 6.54 Å². The minimum absolute atomic E-state index is 0.363. The van der Waals surface area contributed by atoms with E-state index in [0.717, 1.165) is 25.1 Å². The molecule has 0 saturated carbocycles. The summed E-state index contributed by atoms with van der Waals surface area (Å²) < 4.78 is 7.10. The number of aliphatic hydroxyl groups is 1. The van der Waals surface area contributed by atoms with Gasteiger partial charge in [0.1, 0.15) is 5.75 Å². The smallest absolute Gasteiger partial charge is 0.119 e. The number of likely N-dealkylation sites (tertiary alicyclic amines) is 1. The number of rotatable bonds is 6. The summed E-state index contributed by atoms with van der Waals surface area (Å²) in [5, 5.41) is 14.5. The SMILES string of the molecule is COc1cccc([C@H]2CCCN2C[C@H](O)Cn2cccn2)c1. The van der Waals surface area contributed by atoms with Crippen LogP contribution in [0.5, 0.6) is 5.75 Å². The van der Waals surface area contributed by atoms with Crippen LogP contribution in [0.3, 0.4) is 0 Å². The third-order valence-corrected chi connectivity index (χ3v) is 4.24. The highest BCUT2D eigenvalue weighted by molar-refractivity contribution is 5.31. The molecule has 2 heterocycles. The monoisotopic (exact) mass is 301 g/mol. The summed E-state index contributed by atoms with van der Waals surface area (Å²) in [6.45, 7) is 2.23. The molecular weight excluding hydrogens is 278 g/mol. The molecule has 0 aliphatic carbocycles. The Morgan fingerprint density at radius 3 is 3.05 bits per heavy atom. The summed E-state index contributed by atoms with van der Waals surface area (Å²) in [6.07, 6.45) is 5.50. The largest absolute Gasteiger partial charge is 0.497 e. The van der Waals surface area contributed by atoms with Crippen molar-refractivity contribution in [2.45, 2.75) is 31.5 Å². The van der Waals surface area contributed by atoms with E-state index in [0.29, 0.717) is 19.1 Å². The van der Waals surface area contributed by atoms with Crippen molar-refractivity contribution in [3.63, 3.8) is 0 Å². The number of β-amino-alcohol motifs (C(OH)–C–C–N with tert-alkyl or cyclic N) is 1. The van der Waals surface area contributed by atoms with Crippen LogP contribution in [0.25, 0.3) is 0 Å². The first kappa shape index (κ1) is 15.1. The molecule has 3 rings (SSSR count). The van der Waals surface area contributed by atoms with Gasteiger partial charge in [-0.15, -0.1) is 0 Å². The lowest BCUT2D eigenvalue weighted by Crippen LogP contribution is -2.34. The van der Waals surface area contributed by atoms with Crippen LogP contribution in [0.15, 0.2) is 42.7 Å². The predicted octanol–water partition coefficient (Wildman–Crippen LogP) is 2.09. The highest BCUT2D eigenvalue weighted by Gasteiger charge is 2.27. The van der Waals surface area contributed by atoms with Crippen molar-refractivity contribution in [1.82, 2.24) is 14.7 Å². The molecule has 0 amide bonds. The summed E-state index contributed by atoms with van der Waals surface area (Å²) in [7, 11) is 1.69. The molecule has 0 unspecified atom stereocenters. The van der Waals surface area contributed by atoms with Gasteiger partial charge >= 0.3 is 0 Å². The molecule has 0 radical (unpaired) electrons. The lowest BCUT2D eigenvalue weighted by atomic mass is 10.0. The van der Waals surface area contributed by atoms with E-state index in [9.17, 15) is 5.11 Å². The summed E-state index contributed by atoms with van der Waals surface area (Å²) in [4.78, 5) is 2.36. The van der Waals surface area contributed by atoms with E-state index >= 15 is 0 Å². The van der Waals surface area contributed by atoms with Crippen molar-refractivity contribution in [3.8, 4) is 5.75 Å². The van der Waals surface area contributed by atoms with Crippen molar-refractivity contribution in [1.29, 1.82) is 0 Å². The standard InChI is InChI=1S/C17H23N3O2/c1-22-16-6-2-5-14(11-16)17-7-3-9-19(17)12-15(21)13-20-10-4-8-18-20/h2,4-6,8,10-11,15,17,21H,3,7,9,12-13H2,1H3/t15-,17+/m0/s1. The minimum atomic E-state index is -0.411. The first-order chi connectivity index (χ1) is 10.8. The van der Waals surface area contributed by atoms with Crippen molar-refractivity contribution in [2.24, 2.45) is 0 Å². The molecule has 0 spiro atoms. The number of hydrogen-bond acceptors (Lipinski definition) is 4. The molecule has 1 aromatic heterocycles. The number of nitrogens with zero attached hydrogens (tertiary/aromatic N) is 3. The zero-order chi connectivity index (χ0) is 15.4. The predicted molar refractivity (Wildman–Crippen MR) is 84.8 cm³/mol. The van der Waals surface area contributed by atoms with Gasteiger partial charge in [0.2, 0.25) is 0 Å². The van der Waals surface area contributed by atoms with E-state index in [-0.39, 0.29) is 0 Å². The van der Waals surface area contributed by atoms with Gasteiger partial charge in [-0.1, -0.05) is 12.1 Å². The van der Waals surface area contributed by atoms with Gasteiger partial charge < -0.3 is 9.84 Å². The molecule has 5 heteroatoms. The van der Waals surface area contributed by atoms with E-state index in [4.69, 9.17) is 4.74 Å². The molecule has 1 aliphatic rings. The van der Waals surface area contributed by atoms with Crippen LogP contribution < -0.4 is 4.74 Å². The first-order valence-electron chi connectivity index (χ1n) is 7.80. The average Bonchev–Trinajstić information content (AvgIpc) is 3.19. The molecule has 1 aliphatic heterocycles. The van der Waals surface area contributed by atoms with Crippen LogP contribution in [0.2, 0.25) is 0 Å². The molecule has 22 heavy (non-hydrogen) atoms. The van der Waals surface area contributed by atoms with E-state index in [1.807, 2.05) is 24.4 Å². The number of hydrogen-bond donors (Lipinski definition) is 1. The minimum Gasteiger partial charge on any atom is -0.497 e. The second-order valence-corrected chi connectivity index (χ2v) is 5.81. The Morgan fingerprint density at radius 1 is 1.36 bits per heavy atom.